The van der Waals surface area contributed by atoms with Crippen LogP contribution in [0.2, 0.25) is 0 Å². The number of anilines is 3. The molecule has 0 aliphatic rings. The van der Waals surface area contributed by atoms with Gasteiger partial charge in [0.15, 0.2) is 0 Å². The van der Waals surface area contributed by atoms with Crippen LogP contribution in [0.4, 0.5) is 17.1 Å². The van der Waals surface area contributed by atoms with Crippen molar-refractivity contribution in [1.29, 1.82) is 0 Å². The Morgan fingerprint density at radius 1 is 0.580 bits per heavy atom. The molecule has 2 heterocycles. The fourth-order valence-electron chi connectivity index (χ4n) is 6.91. The number of para-hydroxylation sites is 3. The van der Waals surface area contributed by atoms with Crippen LogP contribution in [0, 0.1) is 13.8 Å². The summed E-state index contributed by atoms with van der Waals surface area (Å²) in [6.45, 7) is 8.30. The number of benzene rings is 7. The minimum absolute atomic E-state index is 0.902. The van der Waals surface area contributed by atoms with Crippen LogP contribution in [0.3, 0.4) is 0 Å². The van der Waals surface area contributed by atoms with Crippen molar-refractivity contribution in [2.45, 2.75) is 13.8 Å². The van der Waals surface area contributed by atoms with E-state index in [1.165, 1.54) is 44.2 Å². The number of fused-ring (bicyclic) bond motifs is 5. The molecule has 0 aliphatic heterocycles. The van der Waals surface area contributed by atoms with Crippen molar-refractivity contribution in [3.05, 3.63) is 186 Å². The van der Waals surface area contributed by atoms with Crippen LogP contribution in [-0.4, -0.2) is 4.57 Å². The first-order valence-corrected chi connectivity index (χ1v) is 17.5. The Bertz CT molecular complexity index is 2650. The summed E-state index contributed by atoms with van der Waals surface area (Å²) in [5, 5.41) is 6.01. The summed E-state index contributed by atoms with van der Waals surface area (Å²) in [7, 11) is 0. The Kier molecular flexibility index (Phi) is 8.31. The minimum Gasteiger partial charge on any atom is -0.456 e. The van der Waals surface area contributed by atoms with Crippen molar-refractivity contribution in [3.63, 3.8) is 0 Å². The normalized spacial score (nSPS) is 11.2. The number of hydrogen-bond acceptors (Lipinski definition) is 2. The molecular weight excluding hydrogens is 676 g/mol. The van der Waals surface area contributed by atoms with Crippen LogP contribution in [-0.2, 0) is 0 Å². The van der Waals surface area contributed by atoms with Gasteiger partial charge in [-0.3, -0.25) is 0 Å². The molecule has 3 nitrogen and oxygen atoms in total. The van der Waals surface area contributed by atoms with Gasteiger partial charge in [-0.05, 0) is 109 Å². The second-order valence-corrected chi connectivity index (χ2v) is 13.4. The standard InChI is InChI=1S/C28H18BrNO.C18H17N/c29-21-10-13-22(14-11-21)30(23-12-9-19-5-1-2-6-20(19)17-23)24-15-16-28-26(18-24)25-7-3-4-8-27(25)31-28;1-4-15-9-8-12-17-13(2)14(3)19(18(15)17)16-10-6-5-7-11-16/h1-18H;4-12H,1H2,2-3H3. The first-order valence-electron chi connectivity index (χ1n) is 16.7. The molecule has 0 atom stereocenters. The average Bonchev–Trinajstić information content (AvgIpc) is 3.66. The molecule has 0 saturated heterocycles. The van der Waals surface area contributed by atoms with Gasteiger partial charge in [-0.2, -0.15) is 0 Å². The molecule has 242 valence electrons. The van der Waals surface area contributed by atoms with Crippen LogP contribution in [0.25, 0.3) is 55.4 Å². The quantitative estimate of drug-likeness (QED) is 0.177. The van der Waals surface area contributed by atoms with Crippen molar-refractivity contribution in [1.82, 2.24) is 4.57 Å². The van der Waals surface area contributed by atoms with Crippen LogP contribution >= 0.6 is 15.9 Å². The van der Waals surface area contributed by atoms with E-state index < -0.39 is 0 Å². The highest BCUT2D eigenvalue weighted by Gasteiger charge is 2.16. The van der Waals surface area contributed by atoms with Crippen molar-refractivity contribution in [2.75, 3.05) is 4.90 Å². The molecule has 0 fully saturated rings. The molecule has 0 radical (unpaired) electrons. The van der Waals surface area contributed by atoms with Crippen molar-refractivity contribution in [2.24, 2.45) is 0 Å². The lowest BCUT2D eigenvalue weighted by atomic mass is 10.1. The van der Waals surface area contributed by atoms with E-state index in [4.69, 9.17) is 4.42 Å². The zero-order valence-corrected chi connectivity index (χ0v) is 29.6. The molecule has 0 amide bonds. The number of furan rings is 1. The van der Waals surface area contributed by atoms with Gasteiger partial charge < -0.3 is 13.9 Å². The molecular formula is C46H35BrN2O. The first-order chi connectivity index (χ1) is 24.5. The fraction of sp³-hybridized carbons (Fsp3) is 0.0435. The van der Waals surface area contributed by atoms with Gasteiger partial charge in [0.1, 0.15) is 11.2 Å². The SMILES string of the molecule is Brc1ccc(N(c2ccc3ccccc3c2)c2ccc3oc4ccccc4c3c2)cc1.C=Cc1cccc2c(C)c(C)n(-c3ccccc3)c12. The predicted molar refractivity (Wildman–Crippen MR) is 216 cm³/mol. The number of rotatable bonds is 5. The van der Waals surface area contributed by atoms with Gasteiger partial charge in [0.25, 0.3) is 0 Å². The summed E-state index contributed by atoms with van der Waals surface area (Å²) in [4.78, 5) is 2.29. The monoisotopic (exact) mass is 710 g/mol. The maximum Gasteiger partial charge on any atom is 0.135 e. The highest BCUT2D eigenvalue weighted by atomic mass is 79.9. The van der Waals surface area contributed by atoms with Gasteiger partial charge in [-0.25, -0.2) is 0 Å². The molecule has 4 heteroatoms. The fourth-order valence-corrected chi connectivity index (χ4v) is 7.18. The topological polar surface area (TPSA) is 21.3 Å². The lowest BCUT2D eigenvalue weighted by Crippen LogP contribution is -2.09. The Labute approximate surface area is 300 Å². The Morgan fingerprint density at radius 2 is 1.22 bits per heavy atom. The maximum absolute atomic E-state index is 6.05. The van der Waals surface area contributed by atoms with E-state index in [1.54, 1.807) is 0 Å². The highest BCUT2D eigenvalue weighted by molar-refractivity contribution is 9.10. The lowest BCUT2D eigenvalue weighted by Gasteiger charge is -2.26. The number of aryl methyl sites for hydroxylation is 1. The summed E-state index contributed by atoms with van der Waals surface area (Å²) in [5.74, 6) is 0. The molecule has 2 aromatic heterocycles. The van der Waals surface area contributed by atoms with Crippen LogP contribution in [0.15, 0.2) is 173 Å². The third-order valence-corrected chi connectivity index (χ3v) is 10.0. The third kappa shape index (κ3) is 5.68. The minimum atomic E-state index is 0.902. The maximum atomic E-state index is 6.05. The second-order valence-electron chi connectivity index (χ2n) is 12.5. The summed E-state index contributed by atoms with van der Waals surface area (Å²) < 4.78 is 9.43. The molecule has 9 rings (SSSR count). The smallest absolute Gasteiger partial charge is 0.135 e. The van der Waals surface area contributed by atoms with Gasteiger partial charge in [-0.1, -0.05) is 114 Å². The van der Waals surface area contributed by atoms with E-state index in [1.807, 2.05) is 24.3 Å². The van der Waals surface area contributed by atoms with Crippen molar-refractivity contribution in [3.8, 4) is 5.69 Å². The molecule has 50 heavy (non-hydrogen) atoms. The zero-order valence-electron chi connectivity index (χ0n) is 28.0. The van der Waals surface area contributed by atoms with Gasteiger partial charge >= 0.3 is 0 Å². The number of nitrogens with zero attached hydrogens (tertiary/aromatic N) is 2. The first kappa shape index (κ1) is 31.4. The zero-order chi connectivity index (χ0) is 34.2. The number of halogens is 1. The molecule has 9 aromatic rings. The van der Waals surface area contributed by atoms with Gasteiger partial charge in [-0.15, -0.1) is 0 Å². The number of aromatic nitrogens is 1. The van der Waals surface area contributed by atoms with E-state index in [2.05, 4.69) is 185 Å². The Hall–Kier alpha value is -5.84. The van der Waals surface area contributed by atoms with E-state index in [0.717, 1.165) is 43.5 Å². The van der Waals surface area contributed by atoms with Crippen LogP contribution in [0.5, 0.6) is 0 Å². The van der Waals surface area contributed by atoms with E-state index in [0.29, 0.717) is 0 Å². The Morgan fingerprint density at radius 3 is 2.02 bits per heavy atom. The van der Waals surface area contributed by atoms with Crippen molar-refractivity contribution < 1.29 is 4.42 Å². The molecule has 0 saturated carbocycles. The van der Waals surface area contributed by atoms with Gasteiger partial charge in [0.2, 0.25) is 0 Å². The number of hydrogen-bond donors (Lipinski definition) is 0. The highest BCUT2D eigenvalue weighted by Crippen LogP contribution is 2.40. The molecule has 0 N–H and O–H groups in total. The van der Waals surface area contributed by atoms with E-state index >= 15 is 0 Å². The molecule has 0 aliphatic carbocycles. The van der Waals surface area contributed by atoms with Crippen LogP contribution in [0.1, 0.15) is 16.8 Å². The van der Waals surface area contributed by atoms with E-state index in [-0.39, 0.29) is 0 Å². The molecule has 0 spiro atoms. The summed E-state index contributed by atoms with van der Waals surface area (Å²) in [5.41, 5.74) is 11.4. The average molecular weight is 712 g/mol. The summed E-state index contributed by atoms with van der Waals surface area (Å²) in [6, 6.07) is 55.0. The van der Waals surface area contributed by atoms with Crippen LogP contribution < -0.4 is 4.90 Å². The second kappa shape index (κ2) is 13.2. The van der Waals surface area contributed by atoms with Gasteiger partial charge in [0, 0.05) is 49.1 Å². The summed E-state index contributed by atoms with van der Waals surface area (Å²) >= 11 is 3.56. The molecule has 7 aromatic carbocycles. The Balaban J connectivity index is 0.000000163. The van der Waals surface area contributed by atoms with Crippen molar-refractivity contribution >= 4 is 82.7 Å². The van der Waals surface area contributed by atoms with Gasteiger partial charge in [0.05, 0.1) is 5.52 Å². The largest absolute Gasteiger partial charge is 0.456 e. The molecule has 0 bridgehead atoms. The lowest BCUT2D eigenvalue weighted by molar-refractivity contribution is 0.669. The molecule has 0 unspecified atom stereocenters. The third-order valence-electron chi connectivity index (χ3n) is 9.50. The predicted octanol–water partition coefficient (Wildman–Crippen LogP) is 13.9. The van der Waals surface area contributed by atoms with E-state index in [9.17, 15) is 0 Å². The summed E-state index contributed by atoms with van der Waals surface area (Å²) in [6.07, 6.45) is 1.93.